The first-order chi connectivity index (χ1) is 13.4. The lowest BCUT2D eigenvalue weighted by Gasteiger charge is -2.33. The molecule has 2 heterocycles. The number of rotatable bonds is 6. The summed E-state index contributed by atoms with van der Waals surface area (Å²) in [5.41, 5.74) is 0. The van der Waals surface area contributed by atoms with E-state index >= 15 is 0 Å². The number of hydrogen-bond acceptors (Lipinski definition) is 4. The van der Waals surface area contributed by atoms with Crippen LogP contribution in [0.5, 0.6) is 0 Å². The second-order valence-electron chi connectivity index (χ2n) is 7.21. The predicted molar refractivity (Wildman–Crippen MR) is 109 cm³/mol. The zero-order chi connectivity index (χ0) is 20.1. The molecule has 3 rings (SSSR count). The molecule has 0 saturated carbocycles. The summed E-state index contributed by atoms with van der Waals surface area (Å²) in [6.45, 7) is 2.13. The molecular formula is C19H26BrN3O4S. The standard InChI is InChI=1S/C19H26BrN3O4S/c20-15-6-8-16(9-7-15)28(26,27)23-14-2-1-5-17(23)19(25)21-11-10-18(24)22-12-3-4-13-22/h6-9,17H,1-5,10-14H2,(H,21,25)/t17-/m0/s1. The Hall–Kier alpha value is -1.45. The largest absolute Gasteiger partial charge is 0.354 e. The SMILES string of the molecule is O=C(NCCC(=O)N1CCCC1)[C@@H]1CCCCN1S(=O)(=O)c1ccc(Br)cc1. The van der Waals surface area contributed by atoms with E-state index in [1.165, 1.54) is 16.4 Å². The molecule has 2 fully saturated rings. The number of hydrogen-bond donors (Lipinski definition) is 1. The van der Waals surface area contributed by atoms with Crippen LogP contribution in [0.15, 0.2) is 33.6 Å². The first-order valence-corrected chi connectivity index (χ1v) is 12.0. The fraction of sp³-hybridized carbons (Fsp3) is 0.579. The molecule has 2 saturated heterocycles. The summed E-state index contributed by atoms with van der Waals surface area (Å²) in [5, 5.41) is 2.77. The highest BCUT2D eigenvalue weighted by Crippen LogP contribution is 2.26. The molecule has 0 bridgehead atoms. The Kier molecular flexibility index (Phi) is 7.11. The second kappa shape index (κ2) is 9.37. The predicted octanol–water partition coefficient (Wildman–Crippen LogP) is 2.12. The van der Waals surface area contributed by atoms with Crippen LogP contribution in [-0.4, -0.2) is 61.7 Å². The first kappa shape index (κ1) is 21.3. The average Bonchev–Trinajstić information content (AvgIpc) is 3.23. The molecule has 1 aromatic carbocycles. The summed E-state index contributed by atoms with van der Waals surface area (Å²) >= 11 is 3.30. The number of likely N-dealkylation sites (tertiary alicyclic amines) is 1. The van der Waals surface area contributed by atoms with Gasteiger partial charge in [-0.25, -0.2) is 8.42 Å². The Balaban J connectivity index is 1.62. The van der Waals surface area contributed by atoms with E-state index in [9.17, 15) is 18.0 Å². The maximum absolute atomic E-state index is 13.0. The van der Waals surface area contributed by atoms with Crippen LogP contribution in [0.4, 0.5) is 0 Å². The van der Waals surface area contributed by atoms with Crippen molar-refractivity contribution in [3.8, 4) is 0 Å². The van der Waals surface area contributed by atoms with E-state index in [1.807, 2.05) is 4.90 Å². The van der Waals surface area contributed by atoms with E-state index in [0.29, 0.717) is 13.0 Å². The average molecular weight is 472 g/mol. The van der Waals surface area contributed by atoms with Crippen molar-refractivity contribution in [3.05, 3.63) is 28.7 Å². The number of piperidine rings is 1. The van der Waals surface area contributed by atoms with Gasteiger partial charge in [-0.3, -0.25) is 9.59 Å². The lowest BCUT2D eigenvalue weighted by Crippen LogP contribution is -2.52. The van der Waals surface area contributed by atoms with Crippen LogP contribution in [0.25, 0.3) is 0 Å². The molecule has 154 valence electrons. The number of nitrogens with zero attached hydrogens (tertiary/aromatic N) is 2. The van der Waals surface area contributed by atoms with Gasteiger partial charge in [0.05, 0.1) is 4.90 Å². The highest BCUT2D eigenvalue weighted by Gasteiger charge is 2.37. The van der Waals surface area contributed by atoms with Gasteiger partial charge in [0, 0.05) is 37.1 Å². The van der Waals surface area contributed by atoms with E-state index in [1.54, 1.807) is 12.1 Å². The monoisotopic (exact) mass is 471 g/mol. The summed E-state index contributed by atoms with van der Waals surface area (Å²) in [6, 6.07) is 5.70. The van der Waals surface area contributed by atoms with E-state index in [-0.39, 0.29) is 29.7 Å². The minimum absolute atomic E-state index is 0.0424. The smallest absolute Gasteiger partial charge is 0.243 e. The number of benzene rings is 1. The van der Waals surface area contributed by atoms with Gasteiger partial charge in [-0.15, -0.1) is 0 Å². The number of halogens is 1. The number of sulfonamides is 1. The maximum atomic E-state index is 13.0. The van der Waals surface area contributed by atoms with Gasteiger partial charge in [-0.1, -0.05) is 22.4 Å². The number of carbonyl (C=O) groups excluding carboxylic acids is 2. The molecule has 0 unspecified atom stereocenters. The molecule has 1 aromatic rings. The normalized spacial score (nSPS) is 20.9. The van der Waals surface area contributed by atoms with Gasteiger partial charge in [0.2, 0.25) is 21.8 Å². The fourth-order valence-corrected chi connectivity index (χ4v) is 5.65. The van der Waals surface area contributed by atoms with Crippen molar-refractivity contribution in [1.29, 1.82) is 0 Å². The molecule has 28 heavy (non-hydrogen) atoms. The molecule has 0 aromatic heterocycles. The van der Waals surface area contributed by atoms with Crippen molar-refractivity contribution in [2.24, 2.45) is 0 Å². The Morgan fingerprint density at radius 3 is 2.36 bits per heavy atom. The molecule has 1 N–H and O–H groups in total. The molecule has 2 amide bonds. The third kappa shape index (κ3) is 4.93. The molecule has 0 spiro atoms. The number of nitrogens with one attached hydrogen (secondary N) is 1. The number of carbonyl (C=O) groups is 2. The van der Waals surface area contributed by atoms with Gasteiger partial charge in [0.15, 0.2) is 0 Å². The summed E-state index contributed by atoms with van der Waals surface area (Å²) < 4.78 is 28.2. The molecule has 2 aliphatic heterocycles. The topological polar surface area (TPSA) is 86.8 Å². The van der Waals surface area contributed by atoms with Gasteiger partial charge in [-0.2, -0.15) is 4.31 Å². The van der Waals surface area contributed by atoms with Crippen molar-refractivity contribution < 1.29 is 18.0 Å². The first-order valence-electron chi connectivity index (χ1n) is 9.72. The van der Waals surface area contributed by atoms with Crippen LogP contribution in [-0.2, 0) is 19.6 Å². The van der Waals surface area contributed by atoms with Crippen molar-refractivity contribution in [3.63, 3.8) is 0 Å². The van der Waals surface area contributed by atoms with Gasteiger partial charge < -0.3 is 10.2 Å². The van der Waals surface area contributed by atoms with Crippen LogP contribution >= 0.6 is 15.9 Å². The van der Waals surface area contributed by atoms with Crippen LogP contribution < -0.4 is 5.32 Å². The van der Waals surface area contributed by atoms with Crippen LogP contribution in [0.2, 0.25) is 0 Å². The van der Waals surface area contributed by atoms with Crippen LogP contribution in [0.3, 0.4) is 0 Å². The molecular weight excluding hydrogens is 446 g/mol. The molecule has 0 radical (unpaired) electrons. The molecule has 0 aliphatic carbocycles. The third-order valence-corrected chi connectivity index (χ3v) is 7.72. The Bertz CT molecular complexity index is 807. The van der Waals surface area contributed by atoms with Crippen molar-refractivity contribution >= 4 is 37.8 Å². The van der Waals surface area contributed by atoms with Crippen LogP contribution in [0.1, 0.15) is 38.5 Å². The third-order valence-electron chi connectivity index (χ3n) is 5.27. The van der Waals surface area contributed by atoms with Gasteiger partial charge >= 0.3 is 0 Å². The summed E-state index contributed by atoms with van der Waals surface area (Å²) in [7, 11) is -3.75. The molecule has 2 aliphatic rings. The zero-order valence-electron chi connectivity index (χ0n) is 15.8. The highest BCUT2D eigenvalue weighted by atomic mass is 79.9. The van der Waals surface area contributed by atoms with E-state index in [0.717, 1.165) is 43.2 Å². The maximum Gasteiger partial charge on any atom is 0.243 e. The van der Waals surface area contributed by atoms with Crippen molar-refractivity contribution in [1.82, 2.24) is 14.5 Å². The Labute approximate surface area is 174 Å². The summed E-state index contributed by atoms with van der Waals surface area (Å²) in [6.07, 6.45) is 4.33. The quantitative estimate of drug-likeness (QED) is 0.688. The van der Waals surface area contributed by atoms with E-state index < -0.39 is 16.1 Å². The second-order valence-corrected chi connectivity index (χ2v) is 10.0. The van der Waals surface area contributed by atoms with Crippen molar-refractivity contribution in [2.75, 3.05) is 26.2 Å². The van der Waals surface area contributed by atoms with E-state index in [2.05, 4.69) is 21.2 Å². The molecule has 9 heteroatoms. The van der Waals surface area contributed by atoms with Gasteiger partial charge in [-0.05, 0) is 49.9 Å². The van der Waals surface area contributed by atoms with Gasteiger partial charge in [0.25, 0.3) is 0 Å². The molecule has 1 atom stereocenters. The fourth-order valence-electron chi connectivity index (χ4n) is 3.73. The lowest BCUT2D eigenvalue weighted by molar-refractivity contribution is -0.130. The van der Waals surface area contributed by atoms with Gasteiger partial charge in [0.1, 0.15) is 6.04 Å². The van der Waals surface area contributed by atoms with Crippen molar-refractivity contribution in [2.45, 2.75) is 49.5 Å². The van der Waals surface area contributed by atoms with E-state index in [4.69, 9.17) is 0 Å². The molecule has 7 nitrogen and oxygen atoms in total. The number of amides is 2. The lowest BCUT2D eigenvalue weighted by atomic mass is 10.0. The Morgan fingerprint density at radius 1 is 1.04 bits per heavy atom. The van der Waals surface area contributed by atoms with Crippen LogP contribution in [0, 0.1) is 0 Å². The zero-order valence-corrected chi connectivity index (χ0v) is 18.2. The Morgan fingerprint density at radius 2 is 1.68 bits per heavy atom. The minimum atomic E-state index is -3.75. The minimum Gasteiger partial charge on any atom is -0.354 e. The summed E-state index contributed by atoms with van der Waals surface area (Å²) in [5.74, 6) is -0.282. The summed E-state index contributed by atoms with van der Waals surface area (Å²) in [4.78, 5) is 26.8. The highest BCUT2D eigenvalue weighted by molar-refractivity contribution is 9.10.